The summed E-state index contributed by atoms with van der Waals surface area (Å²) in [4.78, 5) is 0. The maximum absolute atomic E-state index is 11.2. The zero-order valence-corrected chi connectivity index (χ0v) is 19.0. The smallest absolute Gasteiger partial charge is 0.748 e. The Balaban J connectivity index is 0. The summed E-state index contributed by atoms with van der Waals surface area (Å²) < 4.78 is 33.7. The molecule has 6 heteroatoms. The maximum Gasteiger partial charge on any atom is 1.00 e. The van der Waals surface area contributed by atoms with Gasteiger partial charge in [-0.2, -0.15) is 0 Å². The monoisotopic (exact) mass is 372 g/mol. The predicted molar refractivity (Wildman–Crippen MR) is 95.5 cm³/mol. The van der Waals surface area contributed by atoms with E-state index < -0.39 is 21.5 Å². The van der Waals surface area contributed by atoms with E-state index in [1.807, 2.05) is 6.92 Å². The van der Waals surface area contributed by atoms with Gasteiger partial charge in [0.25, 0.3) is 0 Å². The first kappa shape index (κ1) is 27.1. The Morgan fingerprint density at radius 1 is 0.750 bits per heavy atom. The molecule has 0 saturated heterocycles. The van der Waals surface area contributed by atoms with Gasteiger partial charge in [0, 0.05) is 5.25 Å². The van der Waals surface area contributed by atoms with E-state index in [1.165, 1.54) is 38.5 Å². The summed E-state index contributed by atoms with van der Waals surface area (Å²) in [5, 5.41) is 9.14. The van der Waals surface area contributed by atoms with Crippen LogP contribution in [0.25, 0.3) is 0 Å². The summed E-state index contributed by atoms with van der Waals surface area (Å²) in [6.45, 7) is 4.19. The first-order valence-electron chi connectivity index (χ1n) is 9.54. The van der Waals surface area contributed by atoms with Gasteiger partial charge in [-0.05, 0) is 25.7 Å². The molecule has 0 aliphatic rings. The molecule has 0 heterocycles. The van der Waals surface area contributed by atoms with Crippen LogP contribution in [0.4, 0.5) is 0 Å². The Bertz CT molecular complexity index is 360. The molecule has 0 aromatic carbocycles. The largest absolute Gasteiger partial charge is 1.00 e. The fraction of sp³-hybridized carbons (Fsp3) is 1.00. The van der Waals surface area contributed by atoms with Crippen molar-refractivity contribution in [3.8, 4) is 0 Å². The van der Waals surface area contributed by atoms with Gasteiger partial charge in [0.15, 0.2) is 0 Å². The van der Waals surface area contributed by atoms with E-state index in [0.29, 0.717) is 25.7 Å². The van der Waals surface area contributed by atoms with E-state index >= 15 is 0 Å². The van der Waals surface area contributed by atoms with Crippen molar-refractivity contribution in [2.24, 2.45) is 0 Å². The van der Waals surface area contributed by atoms with Crippen LogP contribution in [-0.4, -0.2) is 29.4 Å². The van der Waals surface area contributed by atoms with Crippen molar-refractivity contribution in [1.29, 1.82) is 0 Å². The van der Waals surface area contributed by atoms with Crippen LogP contribution >= 0.6 is 0 Å². The fourth-order valence-electron chi connectivity index (χ4n) is 2.90. The van der Waals surface area contributed by atoms with Crippen LogP contribution in [0.5, 0.6) is 0 Å². The van der Waals surface area contributed by atoms with E-state index in [2.05, 4.69) is 6.92 Å². The third kappa shape index (κ3) is 16.3. The summed E-state index contributed by atoms with van der Waals surface area (Å²) in [5.41, 5.74) is 0. The minimum Gasteiger partial charge on any atom is -0.748 e. The first-order chi connectivity index (χ1) is 10.9. The van der Waals surface area contributed by atoms with Gasteiger partial charge >= 0.3 is 29.6 Å². The van der Waals surface area contributed by atoms with Gasteiger partial charge in [-0.15, -0.1) is 0 Å². The number of aliphatic hydroxyl groups excluding tert-OH is 1. The molecule has 0 aromatic rings. The Labute approximate surface area is 172 Å². The van der Waals surface area contributed by atoms with Crippen molar-refractivity contribution in [1.82, 2.24) is 0 Å². The van der Waals surface area contributed by atoms with Crippen molar-refractivity contribution in [3.05, 3.63) is 0 Å². The zero-order chi connectivity index (χ0) is 17.6. The van der Waals surface area contributed by atoms with Crippen molar-refractivity contribution >= 4 is 10.1 Å². The van der Waals surface area contributed by atoms with Crippen molar-refractivity contribution in [3.63, 3.8) is 0 Å². The topological polar surface area (TPSA) is 77.4 Å². The van der Waals surface area contributed by atoms with Gasteiger partial charge < -0.3 is 9.66 Å². The number of hydrogen-bond acceptors (Lipinski definition) is 4. The van der Waals surface area contributed by atoms with Crippen LogP contribution in [0, 0.1) is 0 Å². The summed E-state index contributed by atoms with van der Waals surface area (Å²) in [7, 11) is -4.23. The molecule has 0 fully saturated rings. The predicted octanol–water partition coefficient (Wildman–Crippen LogP) is 1.77. The van der Waals surface area contributed by atoms with Crippen LogP contribution in [-0.2, 0) is 10.1 Å². The molecule has 0 saturated carbocycles. The molecule has 1 N–H and O–H groups in total. The van der Waals surface area contributed by atoms with Crippen LogP contribution in [0.15, 0.2) is 0 Å². The van der Waals surface area contributed by atoms with E-state index in [4.69, 9.17) is 0 Å². The van der Waals surface area contributed by atoms with E-state index in [1.54, 1.807) is 0 Å². The van der Waals surface area contributed by atoms with Crippen molar-refractivity contribution in [2.75, 3.05) is 0 Å². The molecule has 0 aliphatic heterocycles. The zero-order valence-electron chi connectivity index (χ0n) is 16.1. The van der Waals surface area contributed by atoms with Crippen LogP contribution < -0.4 is 29.6 Å². The van der Waals surface area contributed by atoms with Gasteiger partial charge in [-0.3, -0.25) is 0 Å². The van der Waals surface area contributed by atoms with E-state index in [9.17, 15) is 18.1 Å². The normalized spacial score (nSPS) is 14.2. The molecule has 4 nitrogen and oxygen atoms in total. The number of hydrogen-bond donors (Lipinski definition) is 1. The minimum absolute atomic E-state index is 0. The quantitative estimate of drug-likeness (QED) is 0.254. The average molecular weight is 373 g/mol. The molecule has 2 unspecified atom stereocenters. The third-order valence-electron chi connectivity index (χ3n) is 4.50. The van der Waals surface area contributed by atoms with Crippen LogP contribution in [0.2, 0.25) is 0 Å². The number of aliphatic hydroxyl groups is 1. The van der Waals surface area contributed by atoms with Gasteiger partial charge in [0.2, 0.25) is 0 Å². The number of unbranched alkanes of at least 4 members (excludes halogenated alkanes) is 8. The van der Waals surface area contributed by atoms with E-state index in [0.717, 1.165) is 25.7 Å². The minimum atomic E-state index is -4.23. The van der Waals surface area contributed by atoms with E-state index in [-0.39, 0.29) is 29.6 Å². The van der Waals surface area contributed by atoms with Crippen LogP contribution in [0.3, 0.4) is 0 Å². The van der Waals surface area contributed by atoms with Crippen LogP contribution in [0.1, 0.15) is 104 Å². The SMILES string of the molecule is CCCCCCCCCCC(O)CCC(CCCC)S(=O)(=O)[O-].[Na+]. The van der Waals surface area contributed by atoms with Gasteiger partial charge in [0.05, 0.1) is 16.2 Å². The summed E-state index contributed by atoms with van der Waals surface area (Å²) in [6.07, 6.45) is 12.8. The maximum atomic E-state index is 11.2. The molecule has 0 aliphatic carbocycles. The van der Waals surface area contributed by atoms with Crippen molar-refractivity contribution in [2.45, 2.75) is 115 Å². The molecule has 0 bridgehead atoms. The first-order valence-corrected chi connectivity index (χ1v) is 11.0. The average Bonchev–Trinajstić information content (AvgIpc) is 2.48. The Hall–Kier alpha value is 0.870. The second-order valence-corrected chi connectivity index (χ2v) is 8.40. The summed E-state index contributed by atoms with van der Waals surface area (Å²) >= 11 is 0. The number of rotatable bonds is 16. The summed E-state index contributed by atoms with van der Waals surface area (Å²) in [5.74, 6) is 0. The molecule has 0 rings (SSSR count). The molecule has 24 heavy (non-hydrogen) atoms. The van der Waals surface area contributed by atoms with Gasteiger partial charge in [-0.1, -0.05) is 78.1 Å². The second kappa shape index (κ2) is 17.3. The molecule has 0 aromatic heterocycles. The Kier molecular flexibility index (Phi) is 19.5. The standard InChI is InChI=1S/C18H38O4S.Na/c1-3-5-7-8-9-10-11-12-13-17(19)15-16-18(14-6-4-2)23(20,21)22;/h17-19H,3-16H2,1-2H3,(H,20,21,22);/q;+1/p-1. The Morgan fingerprint density at radius 2 is 1.25 bits per heavy atom. The third-order valence-corrected chi connectivity index (χ3v) is 5.79. The van der Waals surface area contributed by atoms with Gasteiger partial charge in [-0.25, -0.2) is 8.42 Å². The molecular formula is C18H37NaO4S. The molecule has 0 spiro atoms. The second-order valence-electron chi connectivity index (χ2n) is 6.75. The molecular weight excluding hydrogens is 335 g/mol. The van der Waals surface area contributed by atoms with Crippen molar-refractivity contribution < 1.29 is 47.6 Å². The molecule has 0 radical (unpaired) electrons. The molecule has 140 valence electrons. The Morgan fingerprint density at radius 3 is 1.75 bits per heavy atom. The summed E-state index contributed by atoms with van der Waals surface area (Å²) in [6, 6.07) is 0. The molecule has 0 amide bonds. The van der Waals surface area contributed by atoms with Gasteiger partial charge in [0.1, 0.15) is 0 Å². The fourth-order valence-corrected chi connectivity index (χ4v) is 3.78. The molecule has 2 atom stereocenters.